The summed E-state index contributed by atoms with van der Waals surface area (Å²) in [6.45, 7) is 0.406. The van der Waals surface area contributed by atoms with Crippen molar-refractivity contribution in [3.63, 3.8) is 0 Å². The molecule has 3 rings (SSSR count). The highest BCUT2D eigenvalue weighted by atomic mass is 19.1. The molecule has 112 valence electrons. The van der Waals surface area contributed by atoms with E-state index in [2.05, 4.69) is 5.32 Å². The zero-order chi connectivity index (χ0) is 15.5. The van der Waals surface area contributed by atoms with Crippen molar-refractivity contribution < 1.29 is 9.18 Å². The molecule has 4 heteroatoms. The number of fused-ring (bicyclic) bond motifs is 1. The highest BCUT2D eigenvalue weighted by Gasteiger charge is 2.13. The number of para-hydroxylation sites is 1. The van der Waals surface area contributed by atoms with E-state index in [-0.39, 0.29) is 11.7 Å². The zero-order valence-electron chi connectivity index (χ0n) is 12.3. The molecule has 0 unspecified atom stereocenters. The van der Waals surface area contributed by atoms with Gasteiger partial charge in [-0.3, -0.25) is 4.79 Å². The lowest BCUT2D eigenvalue weighted by Crippen LogP contribution is -2.25. The highest BCUT2D eigenvalue weighted by Crippen LogP contribution is 2.20. The maximum Gasteiger partial charge on any atom is 0.253 e. The smallest absolute Gasteiger partial charge is 0.253 e. The first kappa shape index (κ1) is 14.3. The lowest BCUT2D eigenvalue weighted by molar-refractivity contribution is 0.0955. The molecule has 1 aromatic heterocycles. The lowest BCUT2D eigenvalue weighted by Gasteiger charge is -2.05. The molecule has 0 radical (unpaired) electrons. The predicted octanol–water partition coefficient (Wildman–Crippen LogP) is 3.29. The molecule has 0 aliphatic heterocycles. The second-order valence-corrected chi connectivity index (χ2v) is 5.27. The number of nitrogens with zero attached hydrogens (tertiary/aromatic N) is 1. The number of nitrogens with one attached hydrogen (secondary N) is 1. The van der Waals surface area contributed by atoms with Gasteiger partial charge in [-0.15, -0.1) is 0 Å². The van der Waals surface area contributed by atoms with E-state index in [1.807, 2.05) is 42.1 Å². The second kappa shape index (κ2) is 6.02. The number of carbonyl (C=O) groups excluding carboxylic acids is 1. The van der Waals surface area contributed by atoms with Crippen LogP contribution in [0.4, 0.5) is 4.39 Å². The monoisotopic (exact) mass is 296 g/mol. The third-order valence-corrected chi connectivity index (χ3v) is 3.78. The van der Waals surface area contributed by atoms with Crippen LogP contribution in [-0.4, -0.2) is 17.0 Å². The Morgan fingerprint density at radius 3 is 2.68 bits per heavy atom. The number of aryl methyl sites for hydroxylation is 1. The molecule has 3 nitrogen and oxygen atoms in total. The van der Waals surface area contributed by atoms with Gasteiger partial charge in [0, 0.05) is 30.7 Å². The van der Waals surface area contributed by atoms with Crippen LogP contribution in [0.3, 0.4) is 0 Å². The van der Waals surface area contributed by atoms with E-state index in [0.29, 0.717) is 24.1 Å². The third kappa shape index (κ3) is 2.72. The molecular formula is C18H17FN2O. The summed E-state index contributed by atoms with van der Waals surface area (Å²) in [4.78, 5) is 12.3. The molecule has 2 aromatic carbocycles. The molecule has 0 fully saturated rings. The van der Waals surface area contributed by atoms with Gasteiger partial charge in [0.1, 0.15) is 5.82 Å². The van der Waals surface area contributed by atoms with Crippen LogP contribution >= 0.6 is 0 Å². The number of aromatic nitrogens is 1. The standard InChI is InChI=1S/C18H17FN2O/c1-21-12-15(14-7-3-5-9-17(14)21)18(22)20-11-10-13-6-2-4-8-16(13)19/h2-9,12H,10-11H2,1H3,(H,20,22). The number of halogens is 1. The van der Waals surface area contributed by atoms with Gasteiger partial charge in [-0.2, -0.15) is 0 Å². The van der Waals surface area contributed by atoms with E-state index >= 15 is 0 Å². The van der Waals surface area contributed by atoms with Crippen molar-refractivity contribution in [2.24, 2.45) is 7.05 Å². The average molecular weight is 296 g/mol. The molecule has 0 aliphatic carbocycles. The van der Waals surface area contributed by atoms with Gasteiger partial charge < -0.3 is 9.88 Å². The SMILES string of the molecule is Cn1cc(C(=O)NCCc2ccccc2F)c2ccccc21. The van der Waals surface area contributed by atoms with Gasteiger partial charge in [-0.05, 0) is 24.1 Å². The maximum atomic E-state index is 13.5. The van der Waals surface area contributed by atoms with Crippen molar-refractivity contribution >= 4 is 16.8 Å². The largest absolute Gasteiger partial charge is 0.352 e. The van der Waals surface area contributed by atoms with Crippen molar-refractivity contribution in [2.75, 3.05) is 6.54 Å². The average Bonchev–Trinajstić information content (AvgIpc) is 2.87. The summed E-state index contributed by atoms with van der Waals surface area (Å²) in [7, 11) is 1.92. The van der Waals surface area contributed by atoms with Gasteiger partial charge >= 0.3 is 0 Å². The quantitative estimate of drug-likeness (QED) is 0.787. The Morgan fingerprint density at radius 1 is 1.14 bits per heavy atom. The molecule has 0 saturated heterocycles. The minimum absolute atomic E-state index is 0.131. The summed E-state index contributed by atoms with van der Waals surface area (Å²) in [6, 6.07) is 14.4. The number of rotatable bonds is 4. The molecule has 1 heterocycles. The van der Waals surface area contributed by atoms with Crippen molar-refractivity contribution in [2.45, 2.75) is 6.42 Å². The second-order valence-electron chi connectivity index (χ2n) is 5.27. The van der Waals surface area contributed by atoms with Crippen molar-refractivity contribution in [3.05, 3.63) is 71.7 Å². The normalized spacial score (nSPS) is 10.8. The number of carbonyl (C=O) groups is 1. The van der Waals surface area contributed by atoms with E-state index in [1.54, 1.807) is 18.2 Å². The molecule has 0 spiro atoms. The van der Waals surface area contributed by atoms with Crippen LogP contribution in [0.15, 0.2) is 54.7 Å². The van der Waals surface area contributed by atoms with E-state index in [4.69, 9.17) is 0 Å². The summed E-state index contributed by atoms with van der Waals surface area (Å²) in [5, 5.41) is 3.79. The van der Waals surface area contributed by atoms with Crippen LogP contribution in [0.2, 0.25) is 0 Å². The van der Waals surface area contributed by atoms with Gasteiger partial charge in [0.25, 0.3) is 5.91 Å². The predicted molar refractivity (Wildman–Crippen MR) is 85.4 cm³/mol. The van der Waals surface area contributed by atoms with Gasteiger partial charge in [0.15, 0.2) is 0 Å². The van der Waals surface area contributed by atoms with Crippen LogP contribution in [0, 0.1) is 5.82 Å². The Bertz CT molecular complexity index is 823. The highest BCUT2D eigenvalue weighted by molar-refractivity contribution is 6.06. The Balaban J connectivity index is 1.70. The Morgan fingerprint density at radius 2 is 1.86 bits per heavy atom. The Labute approximate surface area is 128 Å². The topological polar surface area (TPSA) is 34.0 Å². The van der Waals surface area contributed by atoms with Crippen molar-refractivity contribution in [1.82, 2.24) is 9.88 Å². The summed E-state index contributed by atoms with van der Waals surface area (Å²) in [5.74, 6) is -0.366. The van der Waals surface area contributed by atoms with Crippen LogP contribution in [0.5, 0.6) is 0 Å². The minimum atomic E-state index is -0.234. The van der Waals surface area contributed by atoms with Crippen LogP contribution < -0.4 is 5.32 Å². The van der Waals surface area contributed by atoms with Crippen LogP contribution in [0.1, 0.15) is 15.9 Å². The fourth-order valence-corrected chi connectivity index (χ4v) is 2.63. The lowest BCUT2D eigenvalue weighted by atomic mass is 10.1. The van der Waals surface area contributed by atoms with E-state index in [1.165, 1.54) is 6.07 Å². The summed E-state index contributed by atoms with van der Waals surface area (Å²) in [6.07, 6.45) is 2.30. The molecule has 0 bridgehead atoms. The molecule has 0 saturated carbocycles. The molecular weight excluding hydrogens is 279 g/mol. The number of amides is 1. The molecule has 1 amide bonds. The van der Waals surface area contributed by atoms with Crippen molar-refractivity contribution in [3.8, 4) is 0 Å². The van der Waals surface area contributed by atoms with E-state index in [0.717, 1.165) is 10.9 Å². The number of hydrogen-bond donors (Lipinski definition) is 1. The summed E-state index contributed by atoms with van der Waals surface area (Å²) >= 11 is 0. The third-order valence-electron chi connectivity index (χ3n) is 3.78. The maximum absolute atomic E-state index is 13.5. The summed E-state index contributed by atoms with van der Waals surface area (Å²) in [5.41, 5.74) is 2.27. The van der Waals surface area contributed by atoms with Crippen LogP contribution in [-0.2, 0) is 13.5 Å². The number of benzene rings is 2. The fourth-order valence-electron chi connectivity index (χ4n) is 2.63. The van der Waals surface area contributed by atoms with E-state index < -0.39 is 0 Å². The minimum Gasteiger partial charge on any atom is -0.352 e. The number of hydrogen-bond acceptors (Lipinski definition) is 1. The van der Waals surface area contributed by atoms with Crippen LogP contribution in [0.25, 0.3) is 10.9 Å². The van der Waals surface area contributed by atoms with E-state index in [9.17, 15) is 9.18 Å². The first-order valence-electron chi connectivity index (χ1n) is 7.22. The van der Waals surface area contributed by atoms with Gasteiger partial charge in [0.05, 0.1) is 5.56 Å². The first-order chi connectivity index (χ1) is 10.7. The molecule has 3 aromatic rings. The zero-order valence-corrected chi connectivity index (χ0v) is 12.3. The Kier molecular flexibility index (Phi) is 3.92. The molecule has 0 aliphatic rings. The van der Waals surface area contributed by atoms with Gasteiger partial charge in [-0.25, -0.2) is 4.39 Å². The molecule has 0 atom stereocenters. The molecule has 1 N–H and O–H groups in total. The van der Waals surface area contributed by atoms with Gasteiger partial charge in [-0.1, -0.05) is 36.4 Å². The summed E-state index contributed by atoms with van der Waals surface area (Å²) < 4.78 is 15.5. The van der Waals surface area contributed by atoms with Gasteiger partial charge in [0.2, 0.25) is 0 Å². The first-order valence-corrected chi connectivity index (χ1v) is 7.22. The van der Waals surface area contributed by atoms with Crippen molar-refractivity contribution in [1.29, 1.82) is 0 Å². The molecule has 22 heavy (non-hydrogen) atoms. The Hall–Kier alpha value is -2.62. The fraction of sp³-hybridized carbons (Fsp3) is 0.167.